The Bertz CT molecular complexity index is 255. The molecule has 21 heavy (non-hydrogen) atoms. The Labute approximate surface area is 131 Å². The molecule has 1 fully saturated rings. The van der Waals surface area contributed by atoms with Crippen LogP contribution in [-0.2, 0) is 9.47 Å². The highest BCUT2D eigenvalue weighted by molar-refractivity contribution is 4.94. The van der Waals surface area contributed by atoms with Crippen LogP contribution in [0.25, 0.3) is 0 Å². The molecule has 1 saturated carbocycles. The standard InChI is InChI=1S/C17H36N2O2/c1-6-7-18-16-13-14(2)12-15(3)17(16)19(8-10-20-4)9-11-21-5/h14-18H,6-13H2,1-5H3. The summed E-state index contributed by atoms with van der Waals surface area (Å²) in [7, 11) is 3.57. The van der Waals surface area contributed by atoms with Gasteiger partial charge < -0.3 is 14.8 Å². The first kappa shape index (κ1) is 18.9. The van der Waals surface area contributed by atoms with Crippen LogP contribution in [-0.4, -0.2) is 64.1 Å². The second-order valence-corrected chi connectivity index (χ2v) is 6.63. The minimum atomic E-state index is 0.595. The van der Waals surface area contributed by atoms with Crippen LogP contribution in [0.3, 0.4) is 0 Å². The fourth-order valence-electron chi connectivity index (χ4n) is 3.82. The van der Waals surface area contributed by atoms with Gasteiger partial charge in [-0.3, -0.25) is 4.90 Å². The van der Waals surface area contributed by atoms with Crippen LogP contribution < -0.4 is 5.32 Å². The van der Waals surface area contributed by atoms with Gasteiger partial charge in [0.25, 0.3) is 0 Å². The van der Waals surface area contributed by atoms with Crippen molar-refractivity contribution in [2.75, 3.05) is 47.1 Å². The number of hydrogen-bond acceptors (Lipinski definition) is 4. The summed E-state index contributed by atoms with van der Waals surface area (Å²) < 4.78 is 10.6. The maximum absolute atomic E-state index is 5.31. The molecule has 0 amide bonds. The number of rotatable bonds is 10. The molecule has 1 rings (SSSR count). The molecule has 0 aromatic carbocycles. The van der Waals surface area contributed by atoms with Crippen molar-refractivity contribution >= 4 is 0 Å². The molecule has 1 aliphatic rings. The third-order valence-electron chi connectivity index (χ3n) is 4.67. The van der Waals surface area contributed by atoms with Gasteiger partial charge in [0, 0.05) is 39.4 Å². The smallest absolute Gasteiger partial charge is 0.0589 e. The Morgan fingerprint density at radius 2 is 1.67 bits per heavy atom. The molecule has 0 spiro atoms. The summed E-state index contributed by atoms with van der Waals surface area (Å²) in [5.74, 6) is 1.54. The third kappa shape index (κ3) is 6.23. The first-order valence-electron chi connectivity index (χ1n) is 8.59. The van der Waals surface area contributed by atoms with Crippen LogP contribution in [0.2, 0.25) is 0 Å². The van der Waals surface area contributed by atoms with Gasteiger partial charge in [-0.1, -0.05) is 20.8 Å². The molecular weight excluding hydrogens is 264 g/mol. The van der Waals surface area contributed by atoms with Gasteiger partial charge in [-0.25, -0.2) is 0 Å². The molecule has 0 radical (unpaired) electrons. The molecular formula is C17H36N2O2. The maximum atomic E-state index is 5.31. The Kier molecular flexibility index (Phi) is 9.49. The lowest BCUT2D eigenvalue weighted by Crippen LogP contribution is -2.58. The van der Waals surface area contributed by atoms with Gasteiger partial charge in [0.05, 0.1) is 13.2 Å². The zero-order valence-electron chi connectivity index (χ0n) is 14.7. The van der Waals surface area contributed by atoms with E-state index in [1.165, 1.54) is 19.3 Å². The van der Waals surface area contributed by atoms with E-state index in [1.54, 1.807) is 14.2 Å². The molecule has 1 N–H and O–H groups in total. The van der Waals surface area contributed by atoms with Crippen molar-refractivity contribution in [1.29, 1.82) is 0 Å². The van der Waals surface area contributed by atoms with Crippen molar-refractivity contribution in [3.63, 3.8) is 0 Å². The Balaban J connectivity index is 2.75. The van der Waals surface area contributed by atoms with Gasteiger partial charge in [-0.15, -0.1) is 0 Å². The number of methoxy groups -OCH3 is 2. The lowest BCUT2D eigenvalue weighted by atomic mass is 9.75. The predicted molar refractivity (Wildman–Crippen MR) is 88.8 cm³/mol. The average Bonchev–Trinajstić information content (AvgIpc) is 2.46. The van der Waals surface area contributed by atoms with E-state index in [1.807, 2.05) is 0 Å². The van der Waals surface area contributed by atoms with Crippen LogP contribution >= 0.6 is 0 Å². The fourth-order valence-corrected chi connectivity index (χ4v) is 3.82. The van der Waals surface area contributed by atoms with Crippen LogP contribution in [0.1, 0.15) is 40.0 Å². The molecule has 0 saturated heterocycles. The molecule has 0 heterocycles. The van der Waals surface area contributed by atoms with Crippen molar-refractivity contribution in [2.24, 2.45) is 11.8 Å². The van der Waals surface area contributed by atoms with Gasteiger partial charge in [-0.05, 0) is 37.6 Å². The fraction of sp³-hybridized carbons (Fsp3) is 1.00. The van der Waals surface area contributed by atoms with E-state index >= 15 is 0 Å². The zero-order chi connectivity index (χ0) is 15.7. The summed E-state index contributed by atoms with van der Waals surface area (Å²) in [5, 5.41) is 3.79. The van der Waals surface area contributed by atoms with Crippen molar-refractivity contribution in [2.45, 2.75) is 52.1 Å². The summed E-state index contributed by atoms with van der Waals surface area (Å²) >= 11 is 0. The van der Waals surface area contributed by atoms with Crippen molar-refractivity contribution < 1.29 is 9.47 Å². The highest BCUT2D eigenvalue weighted by atomic mass is 16.5. The largest absolute Gasteiger partial charge is 0.383 e. The van der Waals surface area contributed by atoms with Gasteiger partial charge in [-0.2, -0.15) is 0 Å². The van der Waals surface area contributed by atoms with E-state index < -0.39 is 0 Å². The molecule has 4 nitrogen and oxygen atoms in total. The van der Waals surface area contributed by atoms with Gasteiger partial charge in [0.2, 0.25) is 0 Å². The molecule has 0 bridgehead atoms. The van der Waals surface area contributed by atoms with Gasteiger partial charge >= 0.3 is 0 Å². The third-order valence-corrected chi connectivity index (χ3v) is 4.67. The van der Waals surface area contributed by atoms with Crippen molar-refractivity contribution in [1.82, 2.24) is 10.2 Å². The molecule has 4 heteroatoms. The van der Waals surface area contributed by atoms with Crippen LogP contribution in [0.4, 0.5) is 0 Å². The maximum Gasteiger partial charge on any atom is 0.0589 e. The summed E-state index contributed by atoms with van der Waals surface area (Å²) in [6, 6.07) is 1.19. The van der Waals surface area contributed by atoms with E-state index in [0.29, 0.717) is 12.1 Å². The highest BCUT2D eigenvalue weighted by Gasteiger charge is 2.37. The lowest BCUT2D eigenvalue weighted by Gasteiger charge is -2.46. The van der Waals surface area contributed by atoms with Crippen LogP contribution in [0, 0.1) is 11.8 Å². The van der Waals surface area contributed by atoms with E-state index in [9.17, 15) is 0 Å². The highest BCUT2D eigenvalue weighted by Crippen LogP contribution is 2.32. The predicted octanol–water partition coefficient (Wildman–Crippen LogP) is 2.38. The number of hydrogen-bond donors (Lipinski definition) is 1. The minimum Gasteiger partial charge on any atom is -0.383 e. The average molecular weight is 300 g/mol. The minimum absolute atomic E-state index is 0.595. The molecule has 0 aromatic heterocycles. The van der Waals surface area contributed by atoms with E-state index in [-0.39, 0.29) is 0 Å². The summed E-state index contributed by atoms with van der Waals surface area (Å²) in [6.45, 7) is 11.7. The SMILES string of the molecule is CCCNC1CC(C)CC(C)C1N(CCOC)CCOC. The van der Waals surface area contributed by atoms with E-state index in [4.69, 9.17) is 9.47 Å². The van der Waals surface area contributed by atoms with Crippen molar-refractivity contribution in [3.05, 3.63) is 0 Å². The summed E-state index contributed by atoms with van der Waals surface area (Å²) in [6.07, 6.45) is 3.80. The Morgan fingerprint density at radius 1 is 1.05 bits per heavy atom. The second-order valence-electron chi connectivity index (χ2n) is 6.63. The van der Waals surface area contributed by atoms with Crippen LogP contribution in [0.15, 0.2) is 0 Å². The summed E-state index contributed by atoms with van der Waals surface area (Å²) in [4.78, 5) is 2.58. The second kappa shape index (κ2) is 10.5. The number of nitrogens with zero attached hydrogens (tertiary/aromatic N) is 1. The first-order chi connectivity index (χ1) is 10.1. The molecule has 0 aromatic rings. The molecule has 1 aliphatic carbocycles. The number of ether oxygens (including phenoxy) is 2. The summed E-state index contributed by atoms with van der Waals surface area (Å²) in [5.41, 5.74) is 0. The van der Waals surface area contributed by atoms with Crippen molar-refractivity contribution in [3.8, 4) is 0 Å². The molecule has 126 valence electrons. The zero-order valence-corrected chi connectivity index (χ0v) is 14.7. The van der Waals surface area contributed by atoms with E-state index in [0.717, 1.165) is 44.7 Å². The van der Waals surface area contributed by atoms with Gasteiger partial charge in [0.1, 0.15) is 0 Å². The Hall–Kier alpha value is -0.160. The monoisotopic (exact) mass is 300 g/mol. The van der Waals surface area contributed by atoms with E-state index in [2.05, 4.69) is 31.0 Å². The quantitative estimate of drug-likeness (QED) is 0.672. The molecule has 4 unspecified atom stereocenters. The van der Waals surface area contributed by atoms with Gasteiger partial charge in [0.15, 0.2) is 0 Å². The molecule has 0 aliphatic heterocycles. The lowest BCUT2D eigenvalue weighted by molar-refractivity contribution is 0.0253. The topological polar surface area (TPSA) is 33.7 Å². The first-order valence-corrected chi connectivity index (χ1v) is 8.59. The van der Waals surface area contributed by atoms with Crippen LogP contribution in [0.5, 0.6) is 0 Å². The molecule has 4 atom stereocenters. The number of nitrogens with one attached hydrogen (secondary N) is 1. The Morgan fingerprint density at radius 3 is 2.19 bits per heavy atom. The normalized spacial score (nSPS) is 30.0.